The average Bonchev–Trinajstić information content (AvgIpc) is 2.63. The van der Waals surface area contributed by atoms with Crippen LogP contribution >= 0.6 is 106 Å². The molecule has 0 amide bonds. The third-order valence-corrected chi connectivity index (χ3v) is 11.7. The molecule has 0 saturated carbocycles. The number of rotatable bonds is 12. The third kappa shape index (κ3) is 13.0. The van der Waals surface area contributed by atoms with Crippen molar-refractivity contribution >= 4 is 106 Å². The molecule has 0 aliphatic heterocycles. The molecule has 0 aliphatic rings. The molecule has 4 unspecified atom stereocenters. The second-order valence-electron chi connectivity index (χ2n) is 7.61. The summed E-state index contributed by atoms with van der Waals surface area (Å²) >= 11 is 40.4. The zero-order chi connectivity index (χ0) is 22.7. The predicted octanol–water partition coefficient (Wildman–Crippen LogP) is 10.5. The van der Waals surface area contributed by atoms with E-state index in [9.17, 15) is 0 Å². The van der Waals surface area contributed by atoms with Gasteiger partial charge in [-0.1, -0.05) is 100 Å². The minimum Gasteiger partial charge on any atom is -0.125 e. The Morgan fingerprint density at radius 1 is 0.821 bits per heavy atom. The molecule has 168 valence electrons. The number of allylic oxidation sites excluding steroid dienone is 2. The van der Waals surface area contributed by atoms with Crippen LogP contribution in [0.1, 0.15) is 53.4 Å². The van der Waals surface area contributed by atoms with Crippen LogP contribution in [-0.4, -0.2) is 31.2 Å². The normalized spacial score (nSPS) is 17.9. The van der Waals surface area contributed by atoms with Gasteiger partial charge >= 0.3 is 0 Å². The number of alkyl halides is 6. The van der Waals surface area contributed by atoms with Crippen LogP contribution in [0.5, 0.6) is 0 Å². The van der Waals surface area contributed by atoms with Gasteiger partial charge in [-0.05, 0) is 37.5 Å². The average molecular weight is 689 g/mol. The van der Waals surface area contributed by atoms with Crippen molar-refractivity contribution in [1.82, 2.24) is 0 Å². The Kier molecular flexibility index (Phi) is 18.7. The first kappa shape index (κ1) is 32.5. The van der Waals surface area contributed by atoms with Crippen molar-refractivity contribution in [3.63, 3.8) is 0 Å². The second-order valence-corrected chi connectivity index (χ2v) is 13.7. The molecule has 0 N–H and O–H groups in total. The monoisotopic (exact) mass is 684 g/mol. The second kappa shape index (κ2) is 16.1. The summed E-state index contributed by atoms with van der Waals surface area (Å²) < 4.78 is 0.280. The maximum Gasteiger partial charge on any atom is 0.0742 e. The quantitative estimate of drug-likeness (QED) is 0.179. The summed E-state index contributed by atoms with van der Waals surface area (Å²) in [6, 6.07) is 0. The van der Waals surface area contributed by atoms with Gasteiger partial charge in [0.15, 0.2) is 0 Å². The fourth-order valence-electron chi connectivity index (χ4n) is 1.95. The lowest BCUT2D eigenvalue weighted by atomic mass is 9.99. The zero-order valence-electron chi connectivity index (χ0n) is 17.0. The summed E-state index contributed by atoms with van der Waals surface area (Å²) in [4.78, 5) is 0. The van der Waals surface area contributed by atoms with E-state index in [1.165, 1.54) is 0 Å². The van der Waals surface area contributed by atoms with Gasteiger partial charge < -0.3 is 0 Å². The smallest absolute Gasteiger partial charge is 0.0742 e. The van der Waals surface area contributed by atoms with E-state index < -0.39 is 0 Å². The molecule has 0 rings (SSSR count). The lowest BCUT2D eigenvalue weighted by Crippen LogP contribution is -2.25. The highest BCUT2D eigenvalue weighted by atomic mass is 79.9. The molecule has 0 aromatic rings. The maximum absolute atomic E-state index is 6.17. The van der Waals surface area contributed by atoms with Crippen LogP contribution in [0, 0.1) is 11.8 Å². The van der Waals surface area contributed by atoms with Crippen molar-refractivity contribution < 1.29 is 0 Å². The Labute approximate surface area is 222 Å². The standard InChI is InChI=1S/C10H16Br2Cl2.C10H16BrCl3/c1-7(2)9(14)4-5-10(12,6-13)8(3)11;1-7(2)9(14)4-5-10(11,6-12)8(3)13/h2*7,9H,3-6H2,1-2H3. The van der Waals surface area contributed by atoms with E-state index in [2.05, 4.69) is 88.6 Å². The van der Waals surface area contributed by atoms with E-state index in [0.717, 1.165) is 30.2 Å². The molecule has 28 heavy (non-hydrogen) atoms. The van der Waals surface area contributed by atoms with Crippen molar-refractivity contribution in [3.8, 4) is 0 Å². The fraction of sp³-hybridized carbons (Fsp3) is 0.800. The number of halogens is 8. The van der Waals surface area contributed by atoms with Gasteiger partial charge in [0.05, 0.1) is 8.65 Å². The highest BCUT2D eigenvalue weighted by molar-refractivity contribution is 9.14. The first-order valence-electron chi connectivity index (χ1n) is 9.14. The van der Waals surface area contributed by atoms with Gasteiger partial charge in [-0.3, -0.25) is 0 Å². The van der Waals surface area contributed by atoms with E-state index >= 15 is 0 Å². The molecule has 8 heteroatoms. The van der Waals surface area contributed by atoms with Crippen molar-refractivity contribution in [1.29, 1.82) is 0 Å². The van der Waals surface area contributed by atoms with E-state index in [1.54, 1.807) is 0 Å². The van der Waals surface area contributed by atoms with Crippen LogP contribution in [0.4, 0.5) is 0 Å². The van der Waals surface area contributed by atoms with Crippen LogP contribution in [0.2, 0.25) is 0 Å². The topological polar surface area (TPSA) is 0 Å². The molecule has 0 aliphatic carbocycles. The largest absolute Gasteiger partial charge is 0.125 e. The van der Waals surface area contributed by atoms with E-state index in [0.29, 0.717) is 28.6 Å². The van der Waals surface area contributed by atoms with Crippen LogP contribution in [0.25, 0.3) is 0 Å². The van der Waals surface area contributed by atoms with E-state index in [4.69, 9.17) is 58.0 Å². The molecular weight excluding hydrogens is 657 g/mol. The van der Waals surface area contributed by atoms with E-state index in [1.807, 2.05) is 0 Å². The summed E-state index contributed by atoms with van der Waals surface area (Å²) in [7, 11) is 0. The minimum atomic E-state index is -0.377. The molecule has 0 bridgehead atoms. The SMILES string of the molecule is C=C(Br)C(Br)(CCl)CCC(Cl)C(C)C.C=C(Cl)C(Br)(CCl)CCC(Cl)C(C)C. The zero-order valence-corrected chi connectivity index (χ0v) is 25.5. The highest BCUT2D eigenvalue weighted by Crippen LogP contribution is 2.38. The number of hydrogen-bond donors (Lipinski definition) is 0. The first-order valence-corrected chi connectivity index (χ1v) is 13.8. The summed E-state index contributed by atoms with van der Waals surface area (Å²) in [5.41, 5.74) is 0. The molecule has 0 saturated heterocycles. The molecule has 0 aromatic carbocycles. The molecule has 0 spiro atoms. The predicted molar refractivity (Wildman–Crippen MR) is 145 cm³/mol. The highest BCUT2D eigenvalue weighted by Gasteiger charge is 2.30. The molecule has 4 atom stereocenters. The van der Waals surface area contributed by atoms with Gasteiger partial charge in [0.1, 0.15) is 0 Å². The Bertz CT molecular complexity index is 431. The van der Waals surface area contributed by atoms with Crippen LogP contribution in [0.15, 0.2) is 22.7 Å². The third-order valence-electron chi connectivity index (χ3n) is 4.48. The van der Waals surface area contributed by atoms with Gasteiger partial charge in [0.2, 0.25) is 0 Å². The summed E-state index contributed by atoms with van der Waals surface area (Å²) in [6.07, 6.45) is 3.52. The van der Waals surface area contributed by atoms with Gasteiger partial charge in [-0.25, -0.2) is 0 Å². The Balaban J connectivity index is 0. The molecule has 0 fully saturated rings. The minimum absolute atomic E-state index is 0.158. The van der Waals surface area contributed by atoms with Gasteiger partial charge in [0, 0.05) is 32.0 Å². The Morgan fingerprint density at radius 3 is 1.36 bits per heavy atom. The van der Waals surface area contributed by atoms with Crippen molar-refractivity contribution in [2.24, 2.45) is 11.8 Å². The Hall–Kier alpha value is 2.37. The lowest BCUT2D eigenvalue weighted by molar-refractivity contribution is 0.527. The molecule has 0 aromatic heterocycles. The fourth-order valence-corrected chi connectivity index (χ4v) is 3.95. The Morgan fingerprint density at radius 2 is 1.14 bits per heavy atom. The summed E-state index contributed by atoms with van der Waals surface area (Å²) in [5.74, 6) is 1.87. The van der Waals surface area contributed by atoms with Crippen LogP contribution in [-0.2, 0) is 0 Å². The first-order chi connectivity index (χ1) is 12.7. The molecule has 0 radical (unpaired) electrons. The van der Waals surface area contributed by atoms with Gasteiger partial charge in [0.25, 0.3) is 0 Å². The van der Waals surface area contributed by atoms with Gasteiger partial charge in [-0.15, -0.1) is 46.4 Å². The van der Waals surface area contributed by atoms with Crippen LogP contribution < -0.4 is 0 Å². The van der Waals surface area contributed by atoms with E-state index in [-0.39, 0.29) is 19.4 Å². The summed E-state index contributed by atoms with van der Waals surface area (Å²) in [6.45, 7) is 16.0. The van der Waals surface area contributed by atoms with Crippen molar-refractivity contribution in [3.05, 3.63) is 22.7 Å². The maximum atomic E-state index is 6.17. The molecule has 0 nitrogen and oxygen atoms in total. The van der Waals surface area contributed by atoms with Crippen LogP contribution in [0.3, 0.4) is 0 Å². The molecule has 0 heterocycles. The van der Waals surface area contributed by atoms with Crippen molar-refractivity contribution in [2.45, 2.75) is 72.8 Å². The molecular formula is C20H32Br3Cl5. The summed E-state index contributed by atoms with van der Waals surface area (Å²) in [5, 5.41) is 0.897. The number of hydrogen-bond acceptors (Lipinski definition) is 0. The van der Waals surface area contributed by atoms with Gasteiger partial charge in [-0.2, -0.15) is 0 Å². The van der Waals surface area contributed by atoms with Crippen molar-refractivity contribution in [2.75, 3.05) is 11.8 Å². The lowest BCUT2D eigenvalue weighted by Gasteiger charge is -2.26.